The van der Waals surface area contributed by atoms with Gasteiger partial charge in [0, 0.05) is 25.7 Å². The fourth-order valence-corrected chi connectivity index (χ4v) is 4.44. The smallest absolute Gasteiger partial charge is 0.256 e. The number of morpholine rings is 1. The van der Waals surface area contributed by atoms with Crippen LogP contribution in [0.5, 0.6) is 0 Å². The highest BCUT2D eigenvalue weighted by Crippen LogP contribution is 2.22. The summed E-state index contributed by atoms with van der Waals surface area (Å²) in [5.41, 5.74) is 1.07. The van der Waals surface area contributed by atoms with E-state index >= 15 is 0 Å². The zero-order valence-corrected chi connectivity index (χ0v) is 16.8. The highest BCUT2D eigenvalue weighted by Gasteiger charge is 2.28. The minimum atomic E-state index is -3.83. The maximum absolute atomic E-state index is 14.3. The van der Waals surface area contributed by atoms with Gasteiger partial charge in [0.05, 0.1) is 35.9 Å². The van der Waals surface area contributed by atoms with Crippen LogP contribution in [-0.2, 0) is 21.3 Å². The molecule has 10 heteroatoms. The van der Waals surface area contributed by atoms with Gasteiger partial charge in [0.25, 0.3) is 5.91 Å². The normalized spacial score (nSPS) is 15.6. The van der Waals surface area contributed by atoms with E-state index in [4.69, 9.17) is 9.26 Å². The van der Waals surface area contributed by atoms with Crippen LogP contribution in [-0.4, -0.2) is 62.0 Å². The van der Waals surface area contributed by atoms with Crippen LogP contribution in [0.15, 0.2) is 27.6 Å². The molecule has 0 spiro atoms. The first kappa shape index (κ1) is 20.4. The Labute approximate surface area is 162 Å². The van der Waals surface area contributed by atoms with Crippen molar-refractivity contribution in [3.63, 3.8) is 0 Å². The zero-order chi connectivity index (χ0) is 20.5. The molecule has 0 unspecified atom stereocenters. The molecule has 1 aliphatic rings. The molecule has 0 radical (unpaired) electrons. The molecule has 28 heavy (non-hydrogen) atoms. The summed E-state index contributed by atoms with van der Waals surface area (Å²) in [6.07, 6.45) is 0. The molecule has 1 saturated heterocycles. The molecular formula is C18H22FN3O5S. The molecule has 0 N–H and O–H groups in total. The van der Waals surface area contributed by atoms with Gasteiger partial charge in [-0.05, 0) is 32.0 Å². The van der Waals surface area contributed by atoms with Crippen LogP contribution in [0.2, 0.25) is 0 Å². The molecule has 2 heterocycles. The second-order valence-corrected chi connectivity index (χ2v) is 8.56. The van der Waals surface area contributed by atoms with E-state index in [0.29, 0.717) is 24.7 Å². The lowest BCUT2D eigenvalue weighted by molar-refractivity contribution is 0.0730. The minimum Gasteiger partial charge on any atom is -0.379 e. The molecule has 0 atom stereocenters. The van der Waals surface area contributed by atoms with Crippen LogP contribution in [0.25, 0.3) is 0 Å². The third kappa shape index (κ3) is 3.94. The quantitative estimate of drug-likeness (QED) is 0.744. The van der Waals surface area contributed by atoms with Crippen molar-refractivity contribution in [2.24, 2.45) is 0 Å². The summed E-state index contributed by atoms with van der Waals surface area (Å²) in [5.74, 6) is -0.839. The van der Waals surface area contributed by atoms with Crippen LogP contribution in [0.1, 0.15) is 27.4 Å². The van der Waals surface area contributed by atoms with E-state index in [1.165, 1.54) is 22.3 Å². The van der Waals surface area contributed by atoms with E-state index in [1.807, 2.05) is 0 Å². The highest BCUT2D eigenvalue weighted by molar-refractivity contribution is 7.89. The molecule has 0 saturated carbocycles. The summed E-state index contributed by atoms with van der Waals surface area (Å²) in [5, 5.41) is 3.83. The van der Waals surface area contributed by atoms with Gasteiger partial charge in [0.15, 0.2) is 0 Å². The molecule has 2 aromatic rings. The van der Waals surface area contributed by atoms with Gasteiger partial charge in [-0.15, -0.1) is 0 Å². The predicted octanol–water partition coefficient (Wildman–Crippen LogP) is 1.72. The summed E-state index contributed by atoms with van der Waals surface area (Å²) in [7, 11) is -2.32. The maximum atomic E-state index is 14.3. The van der Waals surface area contributed by atoms with Gasteiger partial charge in [-0.3, -0.25) is 4.79 Å². The number of carbonyl (C=O) groups excluding carboxylic acids is 1. The Kier molecular flexibility index (Phi) is 5.82. The van der Waals surface area contributed by atoms with Crippen molar-refractivity contribution in [3.05, 3.63) is 46.6 Å². The van der Waals surface area contributed by atoms with Crippen molar-refractivity contribution in [1.82, 2.24) is 14.4 Å². The number of benzene rings is 1. The van der Waals surface area contributed by atoms with Crippen LogP contribution >= 0.6 is 0 Å². The summed E-state index contributed by atoms with van der Waals surface area (Å²) < 4.78 is 51.4. The monoisotopic (exact) mass is 411 g/mol. The largest absolute Gasteiger partial charge is 0.379 e. The summed E-state index contributed by atoms with van der Waals surface area (Å²) >= 11 is 0. The molecule has 8 nitrogen and oxygen atoms in total. The summed E-state index contributed by atoms with van der Waals surface area (Å²) in [4.78, 5) is 14.0. The molecule has 1 fully saturated rings. The highest BCUT2D eigenvalue weighted by atomic mass is 32.2. The van der Waals surface area contributed by atoms with Gasteiger partial charge < -0.3 is 14.2 Å². The minimum absolute atomic E-state index is 0.120. The van der Waals surface area contributed by atoms with E-state index < -0.39 is 21.7 Å². The first-order chi connectivity index (χ1) is 13.2. The standard InChI is InChI=1S/C18H22FN3O5S/c1-12-16(13(2)27-20-12)11-21(3)18(23)15-10-14(4-5-17(15)19)28(24,25)22-6-8-26-9-7-22/h4-5,10H,6-9,11H2,1-3H3. The number of sulfonamides is 1. The Hall–Kier alpha value is -2.30. The van der Waals surface area contributed by atoms with Crippen molar-refractivity contribution in [2.75, 3.05) is 33.4 Å². The fourth-order valence-electron chi connectivity index (χ4n) is 3.01. The number of amides is 1. The Bertz CT molecular complexity index is 964. The number of halogens is 1. The summed E-state index contributed by atoms with van der Waals surface area (Å²) in [6.45, 7) is 4.67. The Balaban J connectivity index is 1.87. The third-order valence-corrected chi connectivity index (χ3v) is 6.59. The number of carbonyl (C=O) groups is 1. The van der Waals surface area contributed by atoms with Crippen LogP contribution in [0.4, 0.5) is 4.39 Å². The van der Waals surface area contributed by atoms with E-state index in [1.54, 1.807) is 13.8 Å². The van der Waals surface area contributed by atoms with Gasteiger partial charge in [0.2, 0.25) is 10.0 Å². The van der Waals surface area contributed by atoms with Crippen molar-refractivity contribution in [3.8, 4) is 0 Å². The average molecular weight is 411 g/mol. The zero-order valence-electron chi connectivity index (χ0n) is 15.9. The van der Waals surface area contributed by atoms with Crippen molar-refractivity contribution in [1.29, 1.82) is 0 Å². The van der Waals surface area contributed by atoms with Crippen molar-refractivity contribution < 1.29 is 26.9 Å². The van der Waals surface area contributed by atoms with Crippen molar-refractivity contribution >= 4 is 15.9 Å². The molecule has 0 bridgehead atoms. The lowest BCUT2D eigenvalue weighted by atomic mass is 10.1. The molecular weight excluding hydrogens is 389 g/mol. The van der Waals surface area contributed by atoms with E-state index in [2.05, 4.69) is 5.16 Å². The second kappa shape index (κ2) is 7.98. The van der Waals surface area contributed by atoms with Crippen LogP contribution in [0.3, 0.4) is 0 Å². The van der Waals surface area contributed by atoms with Gasteiger partial charge in [-0.25, -0.2) is 12.8 Å². The number of hydrogen-bond acceptors (Lipinski definition) is 6. The van der Waals surface area contributed by atoms with E-state index in [9.17, 15) is 17.6 Å². The number of rotatable bonds is 5. The van der Waals surface area contributed by atoms with Gasteiger partial charge in [0.1, 0.15) is 11.6 Å². The van der Waals surface area contributed by atoms with Crippen molar-refractivity contribution in [2.45, 2.75) is 25.3 Å². The first-order valence-electron chi connectivity index (χ1n) is 8.76. The predicted molar refractivity (Wildman–Crippen MR) is 97.8 cm³/mol. The van der Waals surface area contributed by atoms with E-state index in [-0.39, 0.29) is 30.1 Å². The second-order valence-electron chi connectivity index (χ2n) is 6.62. The third-order valence-electron chi connectivity index (χ3n) is 4.70. The number of hydrogen-bond donors (Lipinski definition) is 0. The topological polar surface area (TPSA) is 93.0 Å². The molecule has 3 rings (SSSR count). The SMILES string of the molecule is Cc1noc(C)c1CN(C)C(=O)c1cc(S(=O)(=O)N2CCOCC2)ccc1F. The Morgan fingerprint density at radius 3 is 2.57 bits per heavy atom. The molecule has 1 aromatic carbocycles. The number of aryl methyl sites for hydroxylation is 2. The van der Waals surface area contributed by atoms with Gasteiger partial charge in [-0.1, -0.05) is 5.16 Å². The lowest BCUT2D eigenvalue weighted by Gasteiger charge is -2.26. The molecule has 0 aliphatic carbocycles. The molecule has 1 aromatic heterocycles. The van der Waals surface area contributed by atoms with E-state index in [0.717, 1.165) is 17.7 Å². The van der Waals surface area contributed by atoms with Crippen LogP contribution < -0.4 is 0 Å². The average Bonchev–Trinajstić information content (AvgIpc) is 3.00. The summed E-state index contributed by atoms with van der Waals surface area (Å²) in [6, 6.07) is 3.27. The number of nitrogens with zero attached hydrogens (tertiary/aromatic N) is 3. The fraction of sp³-hybridized carbons (Fsp3) is 0.444. The maximum Gasteiger partial charge on any atom is 0.256 e. The first-order valence-corrected chi connectivity index (χ1v) is 10.2. The molecule has 1 aliphatic heterocycles. The molecule has 152 valence electrons. The Morgan fingerprint density at radius 2 is 1.96 bits per heavy atom. The van der Waals surface area contributed by atoms with Gasteiger partial charge >= 0.3 is 0 Å². The van der Waals surface area contributed by atoms with Crippen LogP contribution in [0, 0.1) is 19.7 Å². The number of aromatic nitrogens is 1. The Morgan fingerprint density at radius 1 is 1.29 bits per heavy atom. The lowest BCUT2D eigenvalue weighted by Crippen LogP contribution is -2.40. The van der Waals surface area contributed by atoms with Gasteiger partial charge in [-0.2, -0.15) is 4.31 Å². The molecule has 1 amide bonds. The number of ether oxygens (including phenoxy) is 1.